The quantitative estimate of drug-likeness (QED) is 0.536. The Kier molecular flexibility index (Phi) is 9.60. The molecule has 0 aromatic heterocycles. The molecule has 2 aliphatic carbocycles. The Morgan fingerprint density at radius 2 is 0.857 bits per heavy atom. The summed E-state index contributed by atoms with van der Waals surface area (Å²) < 4.78 is 0. The van der Waals surface area contributed by atoms with E-state index in [1.54, 1.807) is 0 Å². The normalized spacial score (nSPS) is 25.2. The smallest absolute Gasteiger partial charge is 0.307 e. The van der Waals surface area contributed by atoms with Gasteiger partial charge in [0.2, 0.25) is 11.8 Å². The standard InChI is InChI=1S/2C17H21NO3/c2*19-16(14-7-3-4-8-15(14)17(20)21)18-10-9-12-5-1-2-6-13(12)11-18/h2*1-2,5-6,14-15H,3-4,7-11H2,(H,20,21)/t2*14-,15+/m10/s1. The second-order valence-electron chi connectivity index (χ2n) is 12.2. The van der Waals surface area contributed by atoms with Crippen LogP contribution in [0.2, 0.25) is 0 Å². The first kappa shape index (κ1) is 29.8. The van der Waals surface area contributed by atoms with Crippen molar-refractivity contribution in [3.63, 3.8) is 0 Å². The van der Waals surface area contributed by atoms with Crippen LogP contribution in [0.1, 0.15) is 73.6 Å². The van der Waals surface area contributed by atoms with Crippen LogP contribution in [0.3, 0.4) is 0 Å². The van der Waals surface area contributed by atoms with Gasteiger partial charge in [-0.05, 0) is 60.8 Å². The Bertz CT molecular complexity index is 1210. The van der Waals surface area contributed by atoms with Crippen molar-refractivity contribution in [3.8, 4) is 0 Å². The van der Waals surface area contributed by atoms with Gasteiger partial charge >= 0.3 is 11.9 Å². The molecule has 2 saturated carbocycles. The fraction of sp³-hybridized carbons (Fsp3) is 0.529. The number of nitrogens with zero attached hydrogens (tertiary/aromatic N) is 2. The number of hydrogen-bond donors (Lipinski definition) is 2. The zero-order chi connectivity index (χ0) is 29.6. The van der Waals surface area contributed by atoms with Crippen molar-refractivity contribution < 1.29 is 29.4 Å². The van der Waals surface area contributed by atoms with Crippen LogP contribution < -0.4 is 0 Å². The number of rotatable bonds is 4. The van der Waals surface area contributed by atoms with E-state index in [4.69, 9.17) is 0 Å². The number of hydrogen-bond acceptors (Lipinski definition) is 4. The summed E-state index contributed by atoms with van der Waals surface area (Å²) in [6.45, 7) is 2.66. The van der Waals surface area contributed by atoms with Crippen molar-refractivity contribution in [3.05, 3.63) is 70.8 Å². The summed E-state index contributed by atoms with van der Waals surface area (Å²) in [5.74, 6) is -3.21. The summed E-state index contributed by atoms with van der Waals surface area (Å²) in [7, 11) is 0. The molecule has 0 unspecified atom stereocenters. The summed E-state index contributed by atoms with van der Waals surface area (Å²) >= 11 is 0. The van der Waals surface area contributed by atoms with E-state index in [0.717, 1.165) is 38.5 Å². The predicted octanol–water partition coefficient (Wildman–Crippen LogP) is 4.92. The molecular weight excluding hydrogens is 532 g/mol. The minimum Gasteiger partial charge on any atom is -0.481 e. The molecule has 2 aliphatic heterocycles. The highest BCUT2D eigenvalue weighted by Gasteiger charge is 2.39. The molecule has 8 nitrogen and oxygen atoms in total. The van der Waals surface area contributed by atoms with E-state index in [1.165, 1.54) is 22.3 Å². The summed E-state index contributed by atoms with van der Waals surface area (Å²) in [6, 6.07) is 16.4. The maximum Gasteiger partial charge on any atom is 0.307 e. The van der Waals surface area contributed by atoms with E-state index in [9.17, 15) is 29.4 Å². The van der Waals surface area contributed by atoms with Crippen molar-refractivity contribution in [1.29, 1.82) is 0 Å². The molecule has 2 aromatic carbocycles. The number of carbonyl (C=O) groups is 4. The minimum absolute atomic E-state index is 0.0385. The van der Waals surface area contributed by atoms with E-state index in [0.29, 0.717) is 51.9 Å². The fourth-order valence-corrected chi connectivity index (χ4v) is 7.28. The zero-order valence-corrected chi connectivity index (χ0v) is 24.2. The van der Waals surface area contributed by atoms with Crippen molar-refractivity contribution in [2.45, 2.75) is 77.3 Å². The highest BCUT2D eigenvalue weighted by atomic mass is 16.4. The van der Waals surface area contributed by atoms with Crippen LogP contribution in [-0.2, 0) is 45.1 Å². The maximum absolute atomic E-state index is 12.7. The van der Waals surface area contributed by atoms with Crippen LogP contribution in [0.5, 0.6) is 0 Å². The first-order valence-electron chi connectivity index (χ1n) is 15.5. The second kappa shape index (κ2) is 13.5. The highest BCUT2D eigenvalue weighted by Crippen LogP contribution is 2.34. The largest absolute Gasteiger partial charge is 0.481 e. The molecule has 2 heterocycles. The number of benzene rings is 2. The highest BCUT2D eigenvalue weighted by molar-refractivity contribution is 5.86. The Labute approximate surface area is 247 Å². The van der Waals surface area contributed by atoms with Gasteiger partial charge in [0.05, 0.1) is 23.7 Å². The van der Waals surface area contributed by atoms with Gasteiger partial charge in [-0.15, -0.1) is 0 Å². The third kappa shape index (κ3) is 6.69. The Morgan fingerprint density at radius 1 is 0.524 bits per heavy atom. The molecule has 2 N–H and O–H groups in total. The first-order chi connectivity index (χ1) is 20.3. The molecule has 224 valence electrons. The van der Waals surface area contributed by atoms with Gasteiger partial charge in [0.1, 0.15) is 0 Å². The van der Waals surface area contributed by atoms with Crippen LogP contribution in [0, 0.1) is 23.7 Å². The predicted molar refractivity (Wildman–Crippen MR) is 157 cm³/mol. The maximum atomic E-state index is 12.7. The molecular formula is C34H42N2O6. The zero-order valence-electron chi connectivity index (χ0n) is 24.2. The number of carboxylic acid groups (broad SMARTS) is 2. The molecule has 42 heavy (non-hydrogen) atoms. The number of amides is 2. The molecule has 4 aliphatic rings. The molecule has 2 aromatic rings. The Hall–Kier alpha value is -3.68. The molecule has 8 heteroatoms. The monoisotopic (exact) mass is 574 g/mol. The minimum atomic E-state index is -0.814. The van der Waals surface area contributed by atoms with Gasteiger partial charge in [-0.2, -0.15) is 0 Å². The van der Waals surface area contributed by atoms with Crippen molar-refractivity contribution in [2.24, 2.45) is 23.7 Å². The van der Waals surface area contributed by atoms with Crippen LogP contribution in [0.4, 0.5) is 0 Å². The van der Waals surface area contributed by atoms with E-state index < -0.39 is 23.8 Å². The van der Waals surface area contributed by atoms with Gasteiger partial charge in [0.25, 0.3) is 0 Å². The average molecular weight is 575 g/mol. The van der Waals surface area contributed by atoms with Crippen molar-refractivity contribution >= 4 is 23.8 Å². The van der Waals surface area contributed by atoms with Gasteiger partial charge in [-0.3, -0.25) is 19.2 Å². The third-order valence-electron chi connectivity index (χ3n) is 9.69. The lowest BCUT2D eigenvalue weighted by molar-refractivity contribution is -0.152. The lowest BCUT2D eigenvalue weighted by Crippen LogP contribution is -2.44. The number of carbonyl (C=O) groups excluding carboxylic acids is 2. The summed E-state index contributed by atoms with van der Waals surface area (Å²) in [5, 5.41) is 18.7. The molecule has 0 bridgehead atoms. The number of carboxylic acids is 2. The van der Waals surface area contributed by atoms with Crippen molar-refractivity contribution in [2.75, 3.05) is 13.1 Å². The molecule has 4 atom stereocenters. The van der Waals surface area contributed by atoms with Crippen LogP contribution >= 0.6 is 0 Å². The summed E-state index contributed by atoms with van der Waals surface area (Å²) in [6.07, 6.45) is 8.20. The SMILES string of the molecule is O=C(O)[C@@H]1CCCC[C@@H]1C(=O)N1CCc2ccccc2C1.O=C(O)[C@H]1CCCC[C@H]1C(=O)N1CCc2ccccc2C1. The Balaban J connectivity index is 0.000000168. The lowest BCUT2D eigenvalue weighted by Gasteiger charge is -2.35. The van der Waals surface area contributed by atoms with E-state index in [1.807, 2.05) is 34.1 Å². The summed E-state index contributed by atoms with van der Waals surface area (Å²) in [5.41, 5.74) is 5.00. The van der Waals surface area contributed by atoms with E-state index in [-0.39, 0.29) is 23.7 Å². The molecule has 2 amide bonds. The summed E-state index contributed by atoms with van der Waals surface area (Å²) in [4.78, 5) is 52.0. The Morgan fingerprint density at radius 3 is 1.21 bits per heavy atom. The molecule has 6 rings (SSSR count). The van der Waals surface area contributed by atoms with Crippen molar-refractivity contribution in [1.82, 2.24) is 9.80 Å². The third-order valence-corrected chi connectivity index (χ3v) is 9.69. The van der Waals surface area contributed by atoms with Gasteiger partial charge in [0, 0.05) is 26.2 Å². The number of aliphatic carboxylic acids is 2. The molecule has 2 fully saturated rings. The lowest BCUT2D eigenvalue weighted by atomic mass is 9.78. The van der Waals surface area contributed by atoms with E-state index >= 15 is 0 Å². The van der Waals surface area contributed by atoms with Gasteiger partial charge in [-0.1, -0.05) is 74.2 Å². The van der Waals surface area contributed by atoms with E-state index in [2.05, 4.69) is 24.3 Å². The molecule has 0 saturated heterocycles. The van der Waals surface area contributed by atoms with Gasteiger partial charge in [-0.25, -0.2) is 0 Å². The average Bonchev–Trinajstić information content (AvgIpc) is 3.03. The molecule has 0 spiro atoms. The van der Waals surface area contributed by atoms with Gasteiger partial charge < -0.3 is 20.0 Å². The van der Waals surface area contributed by atoms with Crippen LogP contribution in [0.25, 0.3) is 0 Å². The first-order valence-corrected chi connectivity index (χ1v) is 15.5. The molecule has 0 radical (unpaired) electrons. The van der Waals surface area contributed by atoms with Gasteiger partial charge in [0.15, 0.2) is 0 Å². The van der Waals surface area contributed by atoms with Crippen LogP contribution in [-0.4, -0.2) is 56.9 Å². The fourth-order valence-electron chi connectivity index (χ4n) is 7.28. The second-order valence-corrected chi connectivity index (χ2v) is 12.2. The number of fused-ring (bicyclic) bond motifs is 2. The topological polar surface area (TPSA) is 115 Å². The van der Waals surface area contributed by atoms with Crippen LogP contribution in [0.15, 0.2) is 48.5 Å².